The first kappa shape index (κ1) is 18.4. The maximum Gasteiger partial charge on any atom is 0.227 e. The topological polar surface area (TPSA) is 32.3 Å². The number of hydrogen-bond acceptors (Lipinski definition) is 2. The average molecular weight is 422 g/mol. The summed E-state index contributed by atoms with van der Waals surface area (Å²) < 4.78 is 1.11. The number of benzene rings is 2. The lowest BCUT2D eigenvalue weighted by atomic mass is 9.95. The smallest absolute Gasteiger partial charge is 0.227 e. The molecule has 2 aromatic carbocycles. The van der Waals surface area contributed by atoms with E-state index in [1.807, 2.05) is 31.2 Å². The van der Waals surface area contributed by atoms with Crippen LogP contribution in [0.3, 0.4) is 0 Å². The van der Waals surface area contributed by atoms with Gasteiger partial charge in [-0.3, -0.25) is 9.69 Å². The van der Waals surface area contributed by atoms with Crippen molar-refractivity contribution in [1.82, 2.24) is 4.90 Å². The van der Waals surface area contributed by atoms with Gasteiger partial charge >= 0.3 is 0 Å². The molecule has 1 N–H and O–H groups in total. The number of nitrogens with one attached hydrogen (secondary N) is 1. The molecule has 25 heavy (non-hydrogen) atoms. The number of halogens is 2. The molecule has 1 aliphatic rings. The van der Waals surface area contributed by atoms with Crippen LogP contribution in [0.5, 0.6) is 0 Å². The van der Waals surface area contributed by atoms with Crippen LogP contribution < -0.4 is 5.32 Å². The SMILES string of the molecule is Cc1ccc(Cl)cc1NC(=O)C1CCN(Cc2cccc(Br)c2)CC1. The maximum atomic E-state index is 12.6. The lowest BCUT2D eigenvalue weighted by Gasteiger charge is -2.31. The third kappa shape index (κ3) is 5.06. The second-order valence-electron chi connectivity index (χ2n) is 6.63. The van der Waals surface area contributed by atoms with Crippen molar-refractivity contribution in [3.63, 3.8) is 0 Å². The van der Waals surface area contributed by atoms with E-state index in [0.717, 1.165) is 48.2 Å². The summed E-state index contributed by atoms with van der Waals surface area (Å²) in [4.78, 5) is 15.0. The quantitative estimate of drug-likeness (QED) is 0.730. The molecular weight excluding hydrogens is 400 g/mol. The summed E-state index contributed by atoms with van der Waals surface area (Å²) in [6.07, 6.45) is 1.78. The fourth-order valence-electron chi connectivity index (χ4n) is 3.21. The van der Waals surface area contributed by atoms with Crippen LogP contribution in [-0.2, 0) is 11.3 Å². The summed E-state index contributed by atoms with van der Waals surface area (Å²) in [7, 11) is 0. The molecule has 0 spiro atoms. The first-order valence-electron chi connectivity index (χ1n) is 8.55. The van der Waals surface area contributed by atoms with Gasteiger partial charge in [0, 0.05) is 27.6 Å². The second-order valence-corrected chi connectivity index (χ2v) is 7.98. The molecule has 0 aromatic heterocycles. The van der Waals surface area contributed by atoms with Gasteiger partial charge in [-0.25, -0.2) is 0 Å². The highest BCUT2D eigenvalue weighted by Gasteiger charge is 2.25. The molecule has 1 heterocycles. The van der Waals surface area contributed by atoms with E-state index in [1.165, 1.54) is 5.56 Å². The van der Waals surface area contributed by atoms with Gasteiger partial charge in [-0.1, -0.05) is 45.7 Å². The molecule has 1 aliphatic heterocycles. The minimum atomic E-state index is 0.0668. The molecule has 3 rings (SSSR count). The standard InChI is InChI=1S/C20H22BrClN2O/c1-14-5-6-18(22)12-19(14)23-20(25)16-7-9-24(10-8-16)13-15-3-2-4-17(21)11-15/h2-6,11-12,16H,7-10,13H2,1H3,(H,23,25). The summed E-state index contributed by atoms with van der Waals surface area (Å²) in [5.41, 5.74) is 3.14. The third-order valence-electron chi connectivity index (χ3n) is 4.71. The van der Waals surface area contributed by atoms with E-state index in [4.69, 9.17) is 11.6 Å². The van der Waals surface area contributed by atoms with Crippen molar-refractivity contribution >= 4 is 39.1 Å². The van der Waals surface area contributed by atoms with Gasteiger partial charge < -0.3 is 5.32 Å². The Morgan fingerprint density at radius 3 is 2.72 bits per heavy atom. The Morgan fingerprint density at radius 1 is 1.24 bits per heavy atom. The van der Waals surface area contributed by atoms with Crippen molar-refractivity contribution < 1.29 is 4.79 Å². The highest BCUT2D eigenvalue weighted by Crippen LogP contribution is 2.24. The minimum absolute atomic E-state index is 0.0668. The molecule has 0 aliphatic carbocycles. The minimum Gasteiger partial charge on any atom is -0.326 e. The molecule has 0 radical (unpaired) electrons. The van der Waals surface area contributed by atoms with Gasteiger partial charge in [-0.05, 0) is 68.2 Å². The van der Waals surface area contributed by atoms with Crippen LogP contribution >= 0.6 is 27.5 Å². The van der Waals surface area contributed by atoms with Crippen molar-refractivity contribution in [2.75, 3.05) is 18.4 Å². The van der Waals surface area contributed by atoms with Crippen molar-refractivity contribution in [3.8, 4) is 0 Å². The Labute approximate surface area is 162 Å². The third-order valence-corrected chi connectivity index (χ3v) is 5.44. The molecular formula is C20H22BrClN2O. The number of piperidine rings is 1. The predicted octanol–water partition coefficient (Wildman–Crippen LogP) is 5.26. The van der Waals surface area contributed by atoms with Crippen LogP contribution in [0.25, 0.3) is 0 Å². The highest BCUT2D eigenvalue weighted by molar-refractivity contribution is 9.10. The Kier molecular flexibility index (Phi) is 6.15. The number of amides is 1. The van der Waals surface area contributed by atoms with Crippen LogP contribution in [0, 0.1) is 12.8 Å². The molecule has 0 saturated carbocycles. The summed E-state index contributed by atoms with van der Waals surface area (Å²) in [5, 5.41) is 3.69. The Bertz CT molecular complexity index is 757. The normalized spacial score (nSPS) is 16.0. The zero-order valence-electron chi connectivity index (χ0n) is 14.3. The van der Waals surface area contributed by atoms with Gasteiger partial charge in [0.25, 0.3) is 0 Å². The summed E-state index contributed by atoms with van der Waals surface area (Å²) in [6, 6.07) is 14.0. The lowest BCUT2D eigenvalue weighted by Crippen LogP contribution is -2.37. The molecule has 1 saturated heterocycles. The molecule has 1 fully saturated rings. The van der Waals surface area contributed by atoms with Crippen LogP contribution in [0.15, 0.2) is 46.9 Å². The van der Waals surface area contributed by atoms with Crippen LogP contribution in [0.4, 0.5) is 5.69 Å². The first-order chi connectivity index (χ1) is 12.0. The second kappa shape index (κ2) is 8.35. The molecule has 1 amide bonds. The van der Waals surface area contributed by atoms with Crippen molar-refractivity contribution in [1.29, 1.82) is 0 Å². The number of likely N-dealkylation sites (tertiary alicyclic amines) is 1. The summed E-state index contributed by atoms with van der Waals surface area (Å²) in [5.74, 6) is 0.171. The zero-order chi connectivity index (χ0) is 17.8. The van der Waals surface area contributed by atoms with E-state index >= 15 is 0 Å². The van der Waals surface area contributed by atoms with Gasteiger partial charge in [0.05, 0.1) is 0 Å². The fourth-order valence-corrected chi connectivity index (χ4v) is 3.83. The Balaban J connectivity index is 1.53. The van der Waals surface area contributed by atoms with Crippen molar-refractivity contribution in [3.05, 3.63) is 63.1 Å². The molecule has 3 nitrogen and oxygen atoms in total. The van der Waals surface area contributed by atoms with Gasteiger partial charge in [-0.15, -0.1) is 0 Å². The van der Waals surface area contributed by atoms with E-state index in [2.05, 4.69) is 44.3 Å². The number of carbonyl (C=O) groups is 1. The van der Waals surface area contributed by atoms with Gasteiger partial charge in [0.1, 0.15) is 0 Å². The van der Waals surface area contributed by atoms with Crippen LogP contribution in [0.1, 0.15) is 24.0 Å². The number of hydrogen-bond donors (Lipinski definition) is 1. The number of anilines is 1. The molecule has 0 atom stereocenters. The van der Waals surface area contributed by atoms with E-state index in [0.29, 0.717) is 5.02 Å². The molecule has 5 heteroatoms. The monoisotopic (exact) mass is 420 g/mol. The number of carbonyl (C=O) groups excluding carboxylic acids is 1. The number of rotatable bonds is 4. The zero-order valence-corrected chi connectivity index (χ0v) is 16.6. The number of aryl methyl sites for hydroxylation is 1. The summed E-state index contributed by atoms with van der Waals surface area (Å²) >= 11 is 9.55. The van der Waals surface area contributed by atoms with E-state index in [1.54, 1.807) is 0 Å². The van der Waals surface area contributed by atoms with Crippen molar-refractivity contribution in [2.45, 2.75) is 26.3 Å². The number of nitrogens with zero attached hydrogens (tertiary/aromatic N) is 1. The van der Waals surface area contributed by atoms with Gasteiger partial charge in [0.15, 0.2) is 0 Å². The molecule has 0 unspecified atom stereocenters. The summed E-state index contributed by atoms with van der Waals surface area (Å²) in [6.45, 7) is 4.80. The van der Waals surface area contributed by atoms with E-state index in [9.17, 15) is 4.79 Å². The van der Waals surface area contributed by atoms with Crippen LogP contribution in [-0.4, -0.2) is 23.9 Å². The van der Waals surface area contributed by atoms with Gasteiger partial charge in [0.2, 0.25) is 5.91 Å². The average Bonchev–Trinajstić information content (AvgIpc) is 2.59. The molecule has 132 valence electrons. The predicted molar refractivity (Wildman–Crippen MR) is 107 cm³/mol. The Hall–Kier alpha value is -1.36. The molecule has 2 aromatic rings. The maximum absolute atomic E-state index is 12.6. The highest BCUT2D eigenvalue weighted by atomic mass is 79.9. The van der Waals surface area contributed by atoms with Crippen LogP contribution in [0.2, 0.25) is 5.02 Å². The van der Waals surface area contributed by atoms with E-state index < -0.39 is 0 Å². The largest absolute Gasteiger partial charge is 0.326 e. The first-order valence-corrected chi connectivity index (χ1v) is 9.72. The van der Waals surface area contributed by atoms with Gasteiger partial charge in [-0.2, -0.15) is 0 Å². The fraction of sp³-hybridized carbons (Fsp3) is 0.350. The molecule has 0 bridgehead atoms. The van der Waals surface area contributed by atoms with Crippen molar-refractivity contribution in [2.24, 2.45) is 5.92 Å². The lowest BCUT2D eigenvalue weighted by molar-refractivity contribution is -0.121. The Morgan fingerprint density at radius 2 is 2.00 bits per heavy atom. The van der Waals surface area contributed by atoms with E-state index in [-0.39, 0.29) is 11.8 Å².